The van der Waals surface area contributed by atoms with Gasteiger partial charge in [-0.3, -0.25) is 4.79 Å². The summed E-state index contributed by atoms with van der Waals surface area (Å²) in [4.78, 5) is 18.9. The van der Waals surface area contributed by atoms with Crippen LogP contribution >= 0.6 is 0 Å². The predicted octanol–water partition coefficient (Wildman–Crippen LogP) is 1.86. The Balaban J connectivity index is 1.97. The Kier molecular flexibility index (Phi) is 5.34. The number of aromatic nitrogens is 2. The maximum atomic E-state index is 12.9. The van der Waals surface area contributed by atoms with Gasteiger partial charge < -0.3 is 14.2 Å². The number of ether oxygens (including phenoxy) is 1. The lowest BCUT2D eigenvalue weighted by Gasteiger charge is -2.35. The summed E-state index contributed by atoms with van der Waals surface area (Å²) >= 11 is 0. The van der Waals surface area contributed by atoms with Crippen molar-refractivity contribution in [1.29, 1.82) is 0 Å². The van der Waals surface area contributed by atoms with Crippen LogP contribution in [0, 0.1) is 0 Å². The molecule has 7 nitrogen and oxygen atoms in total. The third-order valence-electron chi connectivity index (χ3n) is 4.44. The Morgan fingerprint density at radius 3 is 2.54 bits per heavy atom. The van der Waals surface area contributed by atoms with Gasteiger partial charge >= 0.3 is 0 Å². The smallest absolute Gasteiger partial charge is 0.242 e. The van der Waals surface area contributed by atoms with Crippen molar-refractivity contribution in [2.75, 3.05) is 18.8 Å². The molecule has 26 heavy (non-hydrogen) atoms. The first-order valence-electron chi connectivity index (χ1n) is 8.93. The zero-order valence-corrected chi connectivity index (χ0v) is 16.2. The molecule has 1 aromatic carbocycles. The van der Waals surface area contributed by atoms with E-state index in [1.807, 2.05) is 32.9 Å². The largest absolute Gasteiger partial charge is 0.372 e. The minimum atomic E-state index is -3.54. The molecule has 0 radical (unpaired) electrons. The minimum Gasteiger partial charge on any atom is -0.372 e. The van der Waals surface area contributed by atoms with Crippen LogP contribution in [0.1, 0.15) is 27.2 Å². The van der Waals surface area contributed by atoms with Crippen LogP contribution in [0.4, 0.5) is 0 Å². The van der Waals surface area contributed by atoms with Crippen LogP contribution < -0.4 is 0 Å². The van der Waals surface area contributed by atoms with E-state index in [0.717, 1.165) is 0 Å². The van der Waals surface area contributed by atoms with Crippen molar-refractivity contribution in [3.05, 3.63) is 24.3 Å². The highest BCUT2D eigenvalue weighted by atomic mass is 32.2. The standard InChI is InChI=1S/C18H25N3O4S/c1-4-9-26(23,24)18-19-15-7-5-6-8-16(15)21(18)12-17(22)20-10-13(2)25-14(3)11-20/h5-8,13-14H,4,9-12H2,1-3H3/t13-,14-/m0/s1. The number of amides is 1. The SMILES string of the molecule is CCCS(=O)(=O)c1nc2ccccc2n1CC(=O)N1C[C@H](C)O[C@@H](C)C1. The van der Waals surface area contributed by atoms with Crippen molar-refractivity contribution in [2.45, 2.75) is 51.1 Å². The van der Waals surface area contributed by atoms with Crippen LogP contribution in [0.3, 0.4) is 0 Å². The molecule has 1 fully saturated rings. The lowest BCUT2D eigenvalue weighted by atomic mass is 10.2. The maximum Gasteiger partial charge on any atom is 0.242 e. The fraction of sp³-hybridized carbons (Fsp3) is 0.556. The highest BCUT2D eigenvalue weighted by molar-refractivity contribution is 7.91. The predicted molar refractivity (Wildman–Crippen MR) is 98.7 cm³/mol. The van der Waals surface area contributed by atoms with E-state index in [4.69, 9.17) is 4.74 Å². The molecule has 8 heteroatoms. The molecule has 0 N–H and O–H groups in total. The van der Waals surface area contributed by atoms with Crippen LogP contribution in [-0.4, -0.2) is 59.8 Å². The molecule has 0 bridgehead atoms. The van der Waals surface area contributed by atoms with E-state index in [0.29, 0.717) is 30.5 Å². The lowest BCUT2D eigenvalue weighted by Crippen LogP contribution is -2.49. The fourth-order valence-corrected chi connectivity index (χ4v) is 4.88. The second-order valence-electron chi connectivity index (χ2n) is 6.84. The number of nitrogens with zero attached hydrogens (tertiary/aromatic N) is 3. The van der Waals surface area contributed by atoms with Crippen LogP contribution in [0.5, 0.6) is 0 Å². The summed E-state index contributed by atoms with van der Waals surface area (Å²) in [5.41, 5.74) is 1.24. The summed E-state index contributed by atoms with van der Waals surface area (Å²) in [5, 5.41) is -0.0248. The summed E-state index contributed by atoms with van der Waals surface area (Å²) in [5.74, 6) is -0.112. The third kappa shape index (κ3) is 3.76. The van der Waals surface area contributed by atoms with Gasteiger partial charge in [-0.25, -0.2) is 13.4 Å². The zero-order valence-electron chi connectivity index (χ0n) is 15.4. The zero-order chi connectivity index (χ0) is 18.9. The summed E-state index contributed by atoms with van der Waals surface area (Å²) in [6.07, 6.45) is 0.425. The van der Waals surface area contributed by atoms with Gasteiger partial charge in [0.2, 0.25) is 20.9 Å². The number of benzene rings is 1. The lowest BCUT2D eigenvalue weighted by molar-refractivity contribution is -0.143. The van der Waals surface area contributed by atoms with Crippen molar-refractivity contribution in [3.8, 4) is 0 Å². The van der Waals surface area contributed by atoms with Crippen LogP contribution in [0.25, 0.3) is 11.0 Å². The van der Waals surface area contributed by atoms with Crippen molar-refractivity contribution in [1.82, 2.24) is 14.5 Å². The Morgan fingerprint density at radius 1 is 1.23 bits per heavy atom. The van der Waals surface area contributed by atoms with Crippen LogP contribution in [0.15, 0.2) is 29.4 Å². The number of carbonyl (C=O) groups excluding carboxylic acids is 1. The number of rotatable bonds is 5. The van der Waals surface area contributed by atoms with Crippen molar-refractivity contribution < 1.29 is 17.9 Å². The third-order valence-corrected chi connectivity index (χ3v) is 6.25. The first-order chi connectivity index (χ1) is 12.3. The first kappa shape index (κ1) is 18.8. The van der Waals surface area contributed by atoms with Crippen molar-refractivity contribution in [3.63, 3.8) is 0 Å². The molecule has 1 aliphatic rings. The highest BCUT2D eigenvalue weighted by Gasteiger charge is 2.29. The van der Waals surface area contributed by atoms with Gasteiger partial charge in [0.05, 0.1) is 29.0 Å². The van der Waals surface area contributed by atoms with Crippen LogP contribution in [-0.2, 0) is 25.9 Å². The summed E-state index contributed by atoms with van der Waals surface area (Å²) in [6.45, 7) is 6.64. The normalized spacial score (nSPS) is 21.3. The van der Waals surface area contributed by atoms with Gasteiger partial charge in [-0.1, -0.05) is 19.1 Å². The molecule has 2 aromatic rings. The molecule has 2 heterocycles. The molecule has 0 aliphatic carbocycles. The van der Waals surface area contributed by atoms with Crippen LogP contribution in [0.2, 0.25) is 0 Å². The maximum absolute atomic E-state index is 12.9. The summed E-state index contributed by atoms with van der Waals surface area (Å²) < 4.78 is 32.5. The van der Waals surface area contributed by atoms with E-state index in [1.54, 1.807) is 17.0 Å². The van der Waals surface area contributed by atoms with Crippen molar-refractivity contribution in [2.24, 2.45) is 0 Å². The van der Waals surface area contributed by atoms with Gasteiger partial charge in [-0.05, 0) is 32.4 Å². The number of hydrogen-bond acceptors (Lipinski definition) is 5. The second kappa shape index (κ2) is 7.36. The number of fused-ring (bicyclic) bond motifs is 1. The van der Waals surface area contributed by atoms with Gasteiger partial charge in [0.15, 0.2) is 0 Å². The van der Waals surface area contributed by atoms with E-state index < -0.39 is 9.84 Å². The first-order valence-corrected chi connectivity index (χ1v) is 10.6. The van der Waals surface area contributed by atoms with Gasteiger partial charge in [-0.15, -0.1) is 0 Å². The molecule has 0 unspecified atom stereocenters. The van der Waals surface area contributed by atoms with E-state index in [2.05, 4.69) is 4.98 Å². The van der Waals surface area contributed by atoms with E-state index >= 15 is 0 Å². The topological polar surface area (TPSA) is 81.5 Å². The molecule has 142 valence electrons. The Hall–Kier alpha value is -1.93. The quantitative estimate of drug-likeness (QED) is 0.792. The molecule has 1 amide bonds. The van der Waals surface area contributed by atoms with E-state index in [9.17, 15) is 13.2 Å². The minimum absolute atomic E-state index is 0.0101. The molecule has 1 saturated heterocycles. The molecule has 2 atom stereocenters. The van der Waals surface area contributed by atoms with Gasteiger partial charge in [0, 0.05) is 13.1 Å². The molecule has 3 rings (SSSR count). The van der Waals surface area contributed by atoms with Gasteiger partial charge in [0.25, 0.3) is 0 Å². The number of carbonyl (C=O) groups is 1. The summed E-state index contributed by atoms with van der Waals surface area (Å²) in [7, 11) is -3.54. The monoisotopic (exact) mass is 379 g/mol. The molecule has 0 saturated carbocycles. The number of para-hydroxylation sites is 2. The Labute approximate surface area is 153 Å². The average molecular weight is 379 g/mol. The van der Waals surface area contributed by atoms with Crippen molar-refractivity contribution >= 4 is 26.8 Å². The average Bonchev–Trinajstić information content (AvgIpc) is 2.93. The number of imidazole rings is 1. The van der Waals surface area contributed by atoms with E-state index in [1.165, 1.54) is 4.57 Å². The van der Waals surface area contributed by atoms with Gasteiger partial charge in [0.1, 0.15) is 6.54 Å². The Bertz CT molecular complexity index is 896. The number of hydrogen-bond donors (Lipinski definition) is 0. The number of sulfone groups is 1. The molecule has 0 spiro atoms. The molecule has 1 aromatic heterocycles. The fourth-order valence-electron chi connectivity index (χ4n) is 3.42. The Morgan fingerprint density at radius 2 is 1.88 bits per heavy atom. The van der Waals surface area contributed by atoms with E-state index in [-0.39, 0.29) is 35.6 Å². The molecule has 1 aliphatic heterocycles. The van der Waals surface area contributed by atoms with Gasteiger partial charge in [-0.2, -0.15) is 0 Å². The highest BCUT2D eigenvalue weighted by Crippen LogP contribution is 2.22. The summed E-state index contributed by atoms with van der Waals surface area (Å²) in [6, 6.07) is 7.19. The molecular formula is C18H25N3O4S. The second-order valence-corrected chi connectivity index (χ2v) is 8.85. The number of morpholine rings is 1. The molecular weight excluding hydrogens is 354 g/mol.